The van der Waals surface area contributed by atoms with Gasteiger partial charge in [-0.15, -0.1) is 0 Å². The van der Waals surface area contributed by atoms with Crippen molar-refractivity contribution in [1.29, 1.82) is 0 Å². The minimum absolute atomic E-state index is 0.439. The average molecular weight is 190 g/mol. The van der Waals surface area contributed by atoms with E-state index in [1.165, 1.54) is 10.9 Å². The quantitative estimate of drug-likeness (QED) is 0.620. The smallest absolute Gasteiger partial charge is 0.242 e. The molecule has 4 heteroatoms. The summed E-state index contributed by atoms with van der Waals surface area (Å²) in [6.45, 7) is 3.95. The number of aryl methyl sites for hydroxylation is 2. The Morgan fingerprint density at radius 1 is 1.36 bits per heavy atom. The lowest BCUT2D eigenvalue weighted by Crippen LogP contribution is -2.32. The van der Waals surface area contributed by atoms with E-state index < -0.39 is 5.95 Å². The molecule has 0 aliphatic carbocycles. The third-order valence-corrected chi connectivity index (χ3v) is 2.06. The Labute approximate surface area is 81.4 Å². The monoisotopic (exact) mass is 190 g/mol. The normalized spacial score (nSPS) is 10.4. The predicted octanol–water partition coefficient (Wildman–Crippen LogP) is 0.642. The van der Waals surface area contributed by atoms with Crippen LogP contribution in [0.3, 0.4) is 0 Å². The van der Waals surface area contributed by atoms with E-state index in [1.807, 2.05) is 32.0 Å². The number of benzene rings is 1. The van der Waals surface area contributed by atoms with Crippen LogP contribution >= 0.6 is 0 Å². The lowest BCUT2D eigenvalue weighted by molar-refractivity contribution is -0.670. The molecule has 1 aromatic carbocycles. The molecule has 14 heavy (non-hydrogen) atoms. The van der Waals surface area contributed by atoms with Gasteiger partial charge in [-0.05, 0) is 24.1 Å². The van der Waals surface area contributed by atoms with E-state index in [9.17, 15) is 5.11 Å². The van der Waals surface area contributed by atoms with Crippen molar-refractivity contribution in [3.8, 4) is 11.6 Å². The van der Waals surface area contributed by atoms with Gasteiger partial charge in [-0.25, -0.2) is 0 Å². The third-order valence-electron chi connectivity index (χ3n) is 2.06. The first-order chi connectivity index (χ1) is 6.66. The summed E-state index contributed by atoms with van der Waals surface area (Å²) in [5, 5.41) is 14.4. The van der Waals surface area contributed by atoms with Crippen molar-refractivity contribution in [2.24, 2.45) is 0 Å². The van der Waals surface area contributed by atoms with Crippen LogP contribution < -0.4 is 9.79 Å². The van der Waals surface area contributed by atoms with E-state index in [1.54, 1.807) is 0 Å². The maximum atomic E-state index is 10.8. The highest BCUT2D eigenvalue weighted by Crippen LogP contribution is 2.10. The van der Waals surface area contributed by atoms with Crippen molar-refractivity contribution in [3.63, 3.8) is 0 Å². The summed E-state index contributed by atoms with van der Waals surface area (Å²) < 4.78 is 5.92. The molecular formula is C10H10N2O2. The summed E-state index contributed by atoms with van der Waals surface area (Å²) >= 11 is 0. The highest BCUT2D eigenvalue weighted by atomic mass is 16.6. The molecule has 0 fully saturated rings. The fraction of sp³-hybridized carbons (Fsp3) is 0.200. The minimum atomic E-state index is -0.439. The lowest BCUT2D eigenvalue weighted by atomic mass is 10.1. The Morgan fingerprint density at radius 3 is 2.79 bits per heavy atom. The number of aromatic nitrogens is 2. The molecule has 0 aliphatic heterocycles. The number of rotatable bonds is 1. The van der Waals surface area contributed by atoms with Crippen LogP contribution in [0.5, 0.6) is 5.95 Å². The largest absolute Gasteiger partial charge is 0.539 e. The lowest BCUT2D eigenvalue weighted by Gasteiger charge is -1.96. The molecule has 0 atom stereocenters. The van der Waals surface area contributed by atoms with Crippen LogP contribution in [0.2, 0.25) is 0 Å². The van der Waals surface area contributed by atoms with Crippen LogP contribution in [0, 0.1) is 13.8 Å². The molecule has 0 saturated heterocycles. The van der Waals surface area contributed by atoms with Gasteiger partial charge in [0.25, 0.3) is 0 Å². The van der Waals surface area contributed by atoms with Gasteiger partial charge >= 0.3 is 0 Å². The van der Waals surface area contributed by atoms with Gasteiger partial charge in [0, 0.05) is 11.6 Å². The van der Waals surface area contributed by atoms with Crippen LogP contribution in [0.25, 0.3) is 5.69 Å². The molecule has 0 N–H and O–H groups in total. The number of hydrogen-bond acceptors (Lipinski definition) is 3. The van der Waals surface area contributed by atoms with Crippen LogP contribution in [-0.4, -0.2) is 5.27 Å². The zero-order chi connectivity index (χ0) is 10.1. The third kappa shape index (κ3) is 1.46. The van der Waals surface area contributed by atoms with Gasteiger partial charge in [-0.3, -0.25) is 0 Å². The Kier molecular flexibility index (Phi) is 1.96. The van der Waals surface area contributed by atoms with E-state index >= 15 is 0 Å². The molecule has 0 spiro atoms. The van der Waals surface area contributed by atoms with Crippen LogP contribution in [0.15, 0.2) is 28.9 Å². The highest BCUT2D eigenvalue weighted by molar-refractivity contribution is 5.35. The molecule has 72 valence electrons. The topological polar surface area (TPSA) is 53.0 Å². The second-order valence-electron chi connectivity index (χ2n) is 3.26. The summed E-state index contributed by atoms with van der Waals surface area (Å²) in [6, 6.07) is 5.95. The van der Waals surface area contributed by atoms with E-state index in [2.05, 4.69) is 9.79 Å². The molecule has 2 rings (SSSR count). The second kappa shape index (κ2) is 3.14. The molecule has 0 aliphatic rings. The van der Waals surface area contributed by atoms with Crippen molar-refractivity contribution >= 4 is 0 Å². The van der Waals surface area contributed by atoms with E-state index in [0.29, 0.717) is 0 Å². The molecule has 1 aromatic heterocycles. The maximum absolute atomic E-state index is 10.8. The molecule has 1 heterocycles. The molecule has 2 aromatic rings. The fourth-order valence-corrected chi connectivity index (χ4v) is 1.31. The molecule has 0 amide bonds. The van der Waals surface area contributed by atoms with Gasteiger partial charge in [0.2, 0.25) is 11.9 Å². The standard InChI is InChI=1S/C10H10N2O2/c1-7-3-4-8(2)9(5-7)12-6-10(13)14-11-12/h3-6H,1-2H3. The predicted molar refractivity (Wildman–Crippen MR) is 47.0 cm³/mol. The first kappa shape index (κ1) is 8.74. The van der Waals surface area contributed by atoms with Crippen molar-refractivity contribution in [1.82, 2.24) is 5.27 Å². The Morgan fingerprint density at radius 2 is 2.14 bits per heavy atom. The summed E-state index contributed by atoms with van der Waals surface area (Å²) in [7, 11) is 0. The van der Waals surface area contributed by atoms with Gasteiger partial charge in [-0.2, -0.15) is 0 Å². The van der Waals surface area contributed by atoms with Crippen molar-refractivity contribution in [2.75, 3.05) is 0 Å². The van der Waals surface area contributed by atoms with E-state index in [-0.39, 0.29) is 0 Å². The van der Waals surface area contributed by atoms with Gasteiger partial charge in [0.15, 0.2) is 0 Å². The van der Waals surface area contributed by atoms with Crippen LogP contribution in [0.4, 0.5) is 0 Å². The maximum Gasteiger partial charge on any atom is 0.242 e. The highest BCUT2D eigenvalue weighted by Gasteiger charge is 2.12. The fourth-order valence-electron chi connectivity index (χ4n) is 1.31. The Hall–Kier alpha value is -1.84. The Balaban J connectivity index is 2.55. The molecule has 0 radical (unpaired) electrons. The summed E-state index contributed by atoms with van der Waals surface area (Å²) in [5.41, 5.74) is 3.04. The molecular weight excluding hydrogens is 180 g/mol. The van der Waals surface area contributed by atoms with Gasteiger partial charge in [-0.1, -0.05) is 12.1 Å². The zero-order valence-electron chi connectivity index (χ0n) is 8.02. The van der Waals surface area contributed by atoms with Gasteiger partial charge < -0.3 is 9.63 Å². The van der Waals surface area contributed by atoms with Gasteiger partial charge in [0.05, 0.1) is 5.27 Å². The molecule has 0 unspecified atom stereocenters. The van der Waals surface area contributed by atoms with Crippen LogP contribution in [0.1, 0.15) is 11.1 Å². The van der Waals surface area contributed by atoms with Crippen molar-refractivity contribution in [2.45, 2.75) is 13.8 Å². The second-order valence-corrected chi connectivity index (χ2v) is 3.26. The first-order valence-electron chi connectivity index (χ1n) is 4.30. The van der Waals surface area contributed by atoms with Crippen molar-refractivity contribution in [3.05, 3.63) is 35.5 Å². The molecule has 4 nitrogen and oxygen atoms in total. The SMILES string of the molecule is Cc1ccc(C)c(-[n+]2cc([O-])on2)c1. The summed E-state index contributed by atoms with van der Waals surface area (Å²) in [4.78, 5) is 0. The van der Waals surface area contributed by atoms with E-state index in [4.69, 9.17) is 0 Å². The minimum Gasteiger partial charge on any atom is -0.539 e. The van der Waals surface area contributed by atoms with Crippen LogP contribution in [-0.2, 0) is 0 Å². The number of hydrogen-bond donors (Lipinski definition) is 0. The van der Waals surface area contributed by atoms with Crippen molar-refractivity contribution < 1.29 is 14.3 Å². The number of nitrogens with zero attached hydrogens (tertiary/aromatic N) is 2. The summed E-state index contributed by atoms with van der Waals surface area (Å²) in [6.07, 6.45) is 1.32. The average Bonchev–Trinajstić information content (AvgIpc) is 2.56. The van der Waals surface area contributed by atoms with E-state index in [0.717, 1.165) is 16.8 Å². The van der Waals surface area contributed by atoms with Gasteiger partial charge in [0.1, 0.15) is 5.95 Å². The zero-order valence-corrected chi connectivity index (χ0v) is 8.02. The Bertz CT molecular complexity index is 463. The molecule has 0 bridgehead atoms. The molecule has 0 saturated carbocycles. The summed E-state index contributed by atoms with van der Waals surface area (Å²) in [5.74, 6) is -0.439. The first-order valence-corrected chi connectivity index (χ1v) is 4.30.